The van der Waals surface area contributed by atoms with E-state index in [1.807, 2.05) is 24.3 Å². The number of likely N-dealkylation sites (tertiary alicyclic amines) is 1. The first-order valence-corrected chi connectivity index (χ1v) is 7.66. The van der Waals surface area contributed by atoms with Crippen LogP contribution in [0.3, 0.4) is 0 Å². The number of ether oxygens (including phenoxy) is 1. The van der Waals surface area contributed by atoms with Crippen molar-refractivity contribution in [3.63, 3.8) is 0 Å². The van der Waals surface area contributed by atoms with Gasteiger partial charge in [0.2, 0.25) is 0 Å². The lowest BCUT2D eigenvalue weighted by molar-refractivity contribution is -0.00222. The third kappa shape index (κ3) is 4.81. The lowest BCUT2D eigenvalue weighted by Crippen LogP contribution is -2.39. The summed E-state index contributed by atoms with van der Waals surface area (Å²) in [4.78, 5) is 13.8. The van der Waals surface area contributed by atoms with Crippen LogP contribution in [-0.4, -0.2) is 36.6 Å². The first-order chi connectivity index (χ1) is 10.2. The third-order valence-corrected chi connectivity index (χ3v) is 3.77. The Bertz CT molecular complexity index is 447. The zero-order valence-electron chi connectivity index (χ0n) is 12.7. The predicted octanol–water partition coefficient (Wildman–Crippen LogP) is 1.68. The van der Waals surface area contributed by atoms with Crippen LogP contribution in [0.15, 0.2) is 24.3 Å². The zero-order chi connectivity index (χ0) is 15.1. The second kappa shape index (κ2) is 8.12. The van der Waals surface area contributed by atoms with E-state index in [2.05, 4.69) is 17.2 Å². The van der Waals surface area contributed by atoms with Crippen molar-refractivity contribution < 1.29 is 9.53 Å². The molecule has 2 rings (SSSR count). The highest BCUT2D eigenvalue weighted by molar-refractivity contribution is 5.93. The number of carbonyl (C=O) groups excluding carboxylic acids is 1. The van der Waals surface area contributed by atoms with Gasteiger partial charge < -0.3 is 4.74 Å². The minimum absolute atomic E-state index is 0.257. The lowest BCUT2D eigenvalue weighted by atomic mass is 10.1. The van der Waals surface area contributed by atoms with Crippen molar-refractivity contribution >= 4 is 5.91 Å². The molecule has 116 valence electrons. The minimum Gasteiger partial charge on any atom is -0.377 e. The maximum absolute atomic E-state index is 11.4. The number of benzene rings is 1. The van der Waals surface area contributed by atoms with Crippen LogP contribution in [0.1, 0.15) is 42.1 Å². The molecule has 0 aliphatic carbocycles. The highest BCUT2D eigenvalue weighted by atomic mass is 16.5. The van der Waals surface area contributed by atoms with Crippen LogP contribution in [-0.2, 0) is 11.3 Å². The number of carbonyl (C=O) groups is 1. The predicted molar refractivity (Wildman–Crippen MR) is 82.6 cm³/mol. The molecule has 3 N–H and O–H groups in total. The number of nitrogens with one attached hydrogen (secondary N) is 1. The number of hydrazine groups is 1. The Morgan fingerprint density at radius 3 is 2.86 bits per heavy atom. The Kier molecular flexibility index (Phi) is 6.17. The van der Waals surface area contributed by atoms with Gasteiger partial charge in [-0.15, -0.1) is 0 Å². The van der Waals surface area contributed by atoms with Gasteiger partial charge >= 0.3 is 0 Å². The summed E-state index contributed by atoms with van der Waals surface area (Å²) in [5.41, 5.74) is 3.94. The summed E-state index contributed by atoms with van der Waals surface area (Å²) in [6.07, 6.45) is 3.77. The summed E-state index contributed by atoms with van der Waals surface area (Å²) >= 11 is 0. The molecule has 1 aromatic rings. The number of nitrogens with zero attached hydrogens (tertiary/aromatic N) is 1. The van der Waals surface area contributed by atoms with Gasteiger partial charge in [-0.2, -0.15) is 0 Å². The van der Waals surface area contributed by atoms with E-state index in [-0.39, 0.29) is 5.91 Å². The monoisotopic (exact) mass is 291 g/mol. The fourth-order valence-corrected chi connectivity index (χ4v) is 2.68. The van der Waals surface area contributed by atoms with Gasteiger partial charge in [0.1, 0.15) is 0 Å². The van der Waals surface area contributed by atoms with E-state index in [0.717, 1.165) is 39.1 Å². The van der Waals surface area contributed by atoms with E-state index in [1.54, 1.807) is 0 Å². The molecule has 1 fully saturated rings. The summed E-state index contributed by atoms with van der Waals surface area (Å²) in [7, 11) is 0. The van der Waals surface area contributed by atoms with Crippen molar-refractivity contribution in [1.82, 2.24) is 10.3 Å². The first-order valence-electron chi connectivity index (χ1n) is 7.66. The van der Waals surface area contributed by atoms with Crippen molar-refractivity contribution in [2.45, 2.75) is 38.8 Å². The van der Waals surface area contributed by atoms with Gasteiger partial charge in [-0.3, -0.25) is 15.1 Å². The van der Waals surface area contributed by atoms with Crippen molar-refractivity contribution in [2.75, 3.05) is 19.7 Å². The Balaban J connectivity index is 1.87. The molecule has 0 saturated carbocycles. The number of hydrogen-bond acceptors (Lipinski definition) is 4. The van der Waals surface area contributed by atoms with E-state index < -0.39 is 0 Å². The van der Waals surface area contributed by atoms with Crippen molar-refractivity contribution in [3.05, 3.63) is 35.4 Å². The van der Waals surface area contributed by atoms with Crippen LogP contribution in [0.5, 0.6) is 0 Å². The molecular formula is C16H25N3O2. The molecule has 0 radical (unpaired) electrons. The van der Waals surface area contributed by atoms with E-state index in [4.69, 9.17) is 10.6 Å². The van der Waals surface area contributed by atoms with Crippen LogP contribution in [0.2, 0.25) is 0 Å². The number of hydrogen-bond donors (Lipinski definition) is 2. The van der Waals surface area contributed by atoms with Crippen LogP contribution >= 0.6 is 0 Å². The number of nitrogens with two attached hydrogens (primary N) is 1. The van der Waals surface area contributed by atoms with Crippen LogP contribution in [0.4, 0.5) is 0 Å². The molecule has 0 spiro atoms. The molecule has 1 aliphatic rings. The SMILES string of the molecule is CCCOC1CCCN(Cc2ccc(C(=O)NN)cc2)C1. The van der Waals surface area contributed by atoms with E-state index in [9.17, 15) is 4.79 Å². The molecule has 21 heavy (non-hydrogen) atoms. The molecule has 1 heterocycles. The average molecular weight is 291 g/mol. The summed E-state index contributed by atoms with van der Waals surface area (Å²) in [6, 6.07) is 7.60. The summed E-state index contributed by atoms with van der Waals surface area (Å²) in [5.74, 6) is 4.87. The maximum Gasteiger partial charge on any atom is 0.265 e. The van der Waals surface area contributed by atoms with Gasteiger partial charge in [-0.25, -0.2) is 5.84 Å². The molecule has 0 bridgehead atoms. The van der Waals surface area contributed by atoms with Crippen LogP contribution in [0.25, 0.3) is 0 Å². The van der Waals surface area contributed by atoms with Gasteiger partial charge in [0.25, 0.3) is 5.91 Å². The minimum atomic E-state index is -0.257. The quantitative estimate of drug-likeness (QED) is 0.475. The Labute approximate surface area is 126 Å². The Hall–Kier alpha value is -1.43. The van der Waals surface area contributed by atoms with Crippen molar-refractivity contribution in [3.8, 4) is 0 Å². The van der Waals surface area contributed by atoms with E-state index in [1.165, 1.54) is 12.0 Å². The van der Waals surface area contributed by atoms with E-state index in [0.29, 0.717) is 11.7 Å². The number of nitrogen functional groups attached to an aromatic ring is 1. The molecule has 1 aromatic carbocycles. The lowest BCUT2D eigenvalue weighted by Gasteiger charge is -2.32. The highest BCUT2D eigenvalue weighted by Crippen LogP contribution is 2.16. The number of rotatable bonds is 6. The topological polar surface area (TPSA) is 67.6 Å². The van der Waals surface area contributed by atoms with Crippen LogP contribution < -0.4 is 11.3 Å². The first kappa shape index (κ1) is 15.9. The largest absolute Gasteiger partial charge is 0.377 e. The Morgan fingerprint density at radius 1 is 1.43 bits per heavy atom. The van der Waals surface area contributed by atoms with Gasteiger partial charge in [0.15, 0.2) is 0 Å². The standard InChI is InChI=1S/C16H25N3O2/c1-2-10-21-15-4-3-9-19(12-15)11-13-5-7-14(8-6-13)16(20)18-17/h5-8,15H,2-4,9-12,17H2,1H3,(H,18,20). The Morgan fingerprint density at radius 2 is 2.19 bits per heavy atom. The van der Waals surface area contributed by atoms with Crippen molar-refractivity contribution in [1.29, 1.82) is 0 Å². The molecule has 1 atom stereocenters. The van der Waals surface area contributed by atoms with Gasteiger partial charge in [-0.1, -0.05) is 19.1 Å². The molecule has 1 saturated heterocycles. The summed E-state index contributed by atoms with van der Waals surface area (Å²) in [6.45, 7) is 5.99. The van der Waals surface area contributed by atoms with Crippen LogP contribution in [0, 0.1) is 0 Å². The smallest absolute Gasteiger partial charge is 0.265 e. The van der Waals surface area contributed by atoms with Gasteiger partial charge in [-0.05, 0) is 43.5 Å². The number of amides is 1. The van der Waals surface area contributed by atoms with Gasteiger partial charge in [0.05, 0.1) is 6.10 Å². The molecule has 0 aromatic heterocycles. The molecule has 1 amide bonds. The third-order valence-electron chi connectivity index (χ3n) is 3.77. The highest BCUT2D eigenvalue weighted by Gasteiger charge is 2.20. The molecule has 1 aliphatic heterocycles. The number of piperidine rings is 1. The summed E-state index contributed by atoms with van der Waals surface area (Å²) < 4.78 is 5.86. The van der Waals surface area contributed by atoms with E-state index >= 15 is 0 Å². The second-order valence-electron chi connectivity index (χ2n) is 5.54. The molecule has 1 unspecified atom stereocenters. The fourth-order valence-electron chi connectivity index (χ4n) is 2.68. The maximum atomic E-state index is 11.4. The molecule has 5 heteroatoms. The normalized spacial score (nSPS) is 19.4. The summed E-state index contributed by atoms with van der Waals surface area (Å²) in [5, 5.41) is 0. The molecule has 5 nitrogen and oxygen atoms in total. The fraction of sp³-hybridized carbons (Fsp3) is 0.562. The van der Waals surface area contributed by atoms with Gasteiger partial charge in [0, 0.05) is 25.3 Å². The zero-order valence-corrected chi connectivity index (χ0v) is 12.7. The molecular weight excluding hydrogens is 266 g/mol. The second-order valence-corrected chi connectivity index (χ2v) is 5.54. The van der Waals surface area contributed by atoms with Crippen molar-refractivity contribution in [2.24, 2.45) is 5.84 Å². The average Bonchev–Trinajstić information content (AvgIpc) is 2.53.